The predicted octanol–water partition coefficient (Wildman–Crippen LogP) is 0.684. The van der Waals surface area contributed by atoms with Crippen LogP contribution in [0.3, 0.4) is 0 Å². The predicted molar refractivity (Wildman–Crippen MR) is 67.6 cm³/mol. The number of hydrogen-bond donors (Lipinski definition) is 1. The third kappa shape index (κ3) is 2.79. The van der Waals surface area contributed by atoms with Gasteiger partial charge in [0.1, 0.15) is 0 Å². The molecule has 1 N–H and O–H groups in total. The van der Waals surface area contributed by atoms with Crippen molar-refractivity contribution in [2.24, 2.45) is 7.05 Å². The summed E-state index contributed by atoms with van der Waals surface area (Å²) >= 11 is 0. The van der Waals surface area contributed by atoms with Gasteiger partial charge in [-0.15, -0.1) is 0 Å². The van der Waals surface area contributed by atoms with Crippen LogP contribution in [0.25, 0.3) is 0 Å². The maximum atomic E-state index is 12.1. The Morgan fingerprint density at radius 3 is 2.72 bits per heavy atom. The minimum Gasteiger partial charge on any atom is -0.381 e. The molecule has 0 radical (unpaired) electrons. The van der Waals surface area contributed by atoms with Gasteiger partial charge in [0.05, 0.1) is 0 Å². The Hall–Kier alpha value is -1.62. The molecule has 18 heavy (non-hydrogen) atoms. The Morgan fingerprint density at radius 1 is 1.44 bits per heavy atom. The highest BCUT2D eigenvalue weighted by Gasteiger charge is 2.29. The molecule has 98 valence electrons. The number of hydrogen-bond acceptors (Lipinski definition) is 3. The van der Waals surface area contributed by atoms with Crippen molar-refractivity contribution in [3.63, 3.8) is 0 Å². The monoisotopic (exact) mass is 250 g/mol. The van der Waals surface area contributed by atoms with E-state index in [9.17, 15) is 9.59 Å². The number of carbonyl (C=O) groups excluding carboxylic acids is 1. The van der Waals surface area contributed by atoms with Crippen molar-refractivity contribution in [2.75, 3.05) is 13.2 Å². The third-order valence-corrected chi connectivity index (χ3v) is 3.38. The number of nitrogens with zero attached hydrogens (tertiary/aromatic N) is 1. The molecule has 0 spiro atoms. The first kappa shape index (κ1) is 12.8. The summed E-state index contributed by atoms with van der Waals surface area (Å²) in [5.74, 6) is -0.197. The second-order valence-corrected chi connectivity index (χ2v) is 4.99. The van der Waals surface area contributed by atoms with Crippen LogP contribution in [0.5, 0.6) is 0 Å². The normalized spacial score (nSPS) is 18.3. The van der Waals surface area contributed by atoms with Crippen molar-refractivity contribution in [1.29, 1.82) is 0 Å². The average molecular weight is 250 g/mol. The van der Waals surface area contributed by atoms with E-state index in [0.29, 0.717) is 18.8 Å². The molecule has 1 amide bonds. The van der Waals surface area contributed by atoms with E-state index >= 15 is 0 Å². The first-order valence-electron chi connectivity index (χ1n) is 6.07. The second-order valence-electron chi connectivity index (χ2n) is 4.99. The maximum absolute atomic E-state index is 12.1. The Bertz CT molecular complexity index is 501. The number of rotatable bonds is 2. The van der Waals surface area contributed by atoms with E-state index in [2.05, 4.69) is 5.32 Å². The van der Waals surface area contributed by atoms with Crippen molar-refractivity contribution in [3.05, 3.63) is 34.2 Å². The highest BCUT2D eigenvalue weighted by molar-refractivity contribution is 5.94. The SMILES string of the molecule is Cn1ccc(C(=O)NC2(C)CCOCC2)cc1=O. The van der Waals surface area contributed by atoms with Gasteiger partial charge in [-0.25, -0.2) is 0 Å². The minimum absolute atomic E-state index is 0.181. The number of amides is 1. The van der Waals surface area contributed by atoms with Crippen molar-refractivity contribution < 1.29 is 9.53 Å². The molecule has 2 rings (SSSR count). The zero-order valence-electron chi connectivity index (χ0n) is 10.7. The molecule has 0 unspecified atom stereocenters. The standard InChI is InChI=1S/C13H18N2O3/c1-13(4-7-18-8-5-13)14-12(17)10-3-6-15(2)11(16)9-10/h3,6,9H,4-5,7-8H2,1-2H3,(H,14,17). The molecule has 0 aromatic carbocycles. The second kappa shape index (κ2) is 4.94. The molecule has 5 heteroatoms. The quantitative estimate of drug-likeness (QED) is 0.840. The van der Waals surface area contributed by atoms with E-state index < -0.39 is 0 Å². The first-order chi connectivity index (χ1) is 8.50. The molecule has 1 aromatic rings. The minimum atomic E-state index is -0.240. The number of aryl methyl sites for hydroxylation is 1. The van der Waals surface area contributed by atoms with Gasteiger partial charge in [-0.2, -0.15) is 0 Å². The lowest BCUT2D eigenvalue weighted by Gasteiger charge is -2.34. The van der Waals surface area contributed by atoms with E-state index in [1.165, 1.54) is 10.6 Å². The van der Waals surface area contributed by atoms with Gasteiger partial charge in [-0.3, -0.25) is 9.59 Å². The fourth-order valence-electron chi connectivity index (χ4n) is 1.98. The highest BCUT2D eigenvalue weighted by Crippen LogP contribution is 2.20. The molecule has 2 heterocycles. The van der Waals surface area contributed by atoms with Crippen LogP contribution in [0.15, 0.2) is 23.1 Å². The number of nitrogens with one attached hydrogen (secondary N) is 1. The molecule has 1 aliphatic heterocycles. The van der Waals surface area contributed by atoms with Gasteiger partial charge < -0.3 is 14.6 Å². The van der Waals surface area contributed by atoms with Gasteiger partial charge in [-0.1, -0.05) is 0 Å². The maximum Gasteiger partial charge on any atom is 0.251 e. The average Bonchev–Trinajstić information content (AvgIpc) is 2.33. The smallest absolute Gasteiger partial charge is 0.251 e. The fraction of sp³-hybridized carbons (Fsp3) is 0.538. The summed E-state index contributed by atoms with van der Waals surface area (Å²) in [7, 11) is 1.66. The topological polar surface area (TPSA) is 60.3 Å². The molecular formula is C13H18N2O3. The van der Waals surface area contributed by atoms with Crippen LogP contribution in [0.2, 0.25) is 0 Å². The van der Waals surface area contributed by atoms with Crippen molar-refractivity contribution in [3.8, 4) is 0 Å². The Morgan fingerprint density at radius 2 is 2.11 bits per heavy atom. The molecule has 0 aliphatic carbocycles. The first-order valence-corrected chi connectivity index (χ1v) is 6.07. The van der Waals surface area contributed by atoms with E-state index in [0.717, 1.165) is 12.8 Å². The summed E-state index contributed by atoms with van der Waals surface area (Å²) < 4.78 is 6.72. The third-order valence-electron chi connectivity index (χ3n) is 3.38. The van der Waals surface area contributed by atoms with Crippen LogP contribution in [0.1, 0.15) is 30.1 Å². The zero-order chi connectivity index (χ0) is 13.2. The van der Waals surface area contributed by atoms with Crippen molar-refractivity contribution in [2.45, 2.75) is 25.3 Å². The van der Waals surface area contributed by atoms with Crippen LogP contribution in [0, 0.1) is 0 Å². The van der Waals surface area contributed by atoms with Gasteiger partial charge in [0, 0.05) is 43.6 Å². The highest BCUT2D eigenvalue weighted by atomic mass is 16.5. The van der Waals surface area contributed by atoms with Crippen LogP contribution in [-0.2, 0) is 11.8 Å². The summed E-state index contributed by atoms with van der Waals surface area (Å²) in [5.41, 5.74) is -0.0123. The number of ether oxygens (including phenoxy) is 1. The van der Waals surface area contributed by atoms with E-state index in [4.69, 9.17) is 4.74 Å². The van der Waals surface area contributed by atoms with Crippen molar-refractivity contribution >= 4 is 5.91 Å². The summed E-state index contributed by atoms with van der Waals surface area (Å²) in [4.78, 5) is 23.6. The molecule has 1 aliphatic rings. The van der Waals surface area contributed by atoms with E-state index in [1.54, 1.807) is 19.3 Å². The molecule has 5 nitrogen and oxygen atoms in total. The number of aromatic nitrogens is 1. The van der Waals surface area contributed by atoms with Crippen LogP contribution < -0.4 is 10.9 Å². The summed E-state index contributed by atoms with van der Waals surface area (Å²) in [6, 6.07) is 3.01. The number of pyridine rings is 1. The molecule has 1 aromatic heterocycles. The van der Waals surface area contributed by atoms with E-state index in [1.807, 2.05) is 6.92 Å². The largest absolute Gasteiger partial charge is 0.381 e. The Kier molecular flexibility index (Phi) is 3.52. The Balaban J connectivity index is 2.11. The zero-order valence-corrected chi connectivity index (χ0v) is 10.7. The van der Waals surface area contributed by atoms with Gasteiger partial charge in [0.25, 0.3) is 11.5 Å². The lowest BCUT2D eigenvalue weighted by Crippen LogP contribution is -2.49. The molecule has 1 saturated heterocycles. The van der Waals surface area contributed by atoms with Crippen LogP contribution >= 0.6 is 0 Å². The van der Waals surface area contributed by atoms with Gasteiger partial charge >= 0.3 is 0 Å². The summed E-state index contributed by atoms with van der Waals surface area (Å²) in [6.45, 7) is 3.33. The lowest BCUT2D eigenvalue weighted by atomic mass is 9.92. The lowest BCUT2D eigenvalue weighted by molar-refractivity contribution is 0.0423. The summed E-state index contributed by atoms with van der Waals surface area (Å²) in [6.07, 6.45) is 3.19. The molecule has 0 bridgehead atoms. The molecule has 0 atom stereocenters. The van der Waals surface area contributed by atoms with Gasteiger partial charge in [0.2, 0.25) is 0 Å². The van der Waals surface area contributed by atoms with Gasteiger partial charge in [0.15, 0.2) is 0 Å². The Labute approximate surface area is 106 Å². The molecule has 0 saturated carbocycles. The molecular weight excluding hydrogens is 232 g/mol. The van der Waals surface area contributed by atoms with Crippen LogP contribution in [-0.4, -0.2) is 29.2 Å². The molecule has 1 fully saturated rings. The van der Waals surface area contributed by atoms with Crippen LogP contribution in [0.4, 0.5) is 0 Å². The van der Waals surface area contributed by atoms with Gasteiger partial charge in [-0.05, 0) is 25.8 Å². The summed E-state index contributed by atoms with van der Waals surface area (Å²) in [5, 5.41) is 2.99. The van der Waals surface area contributed by atoms with Crippen molar-refractivity contribution in [1.82, 2.24) is 9.88 Å². The van der Waals surface area contributed by atoms with E-state index in [-0.39, 0.29) is 17.0 Å². The fourth-order valence-corrected chi connectivity index (χ4v) is 1.98. The number of carbonyl (C=O) groups is 1.